The highest BCUT2D eigenvalue weighted by Gasteiger charge is 2.54. The van der Waals surface area contributed by atoms with Crippen molar-refractivity contribution in [2.45, 2.75) is 55.2 Å². The van der Waals surface area contributed by atoms with Crippen LogP contribution in [0.2, 0.25) is 0 Å². The monoisotopic (exact) mass is 648 g/mol. The van der Waals surface area contributed by atoms with E-state index < -0.39 is 67.2 Å². The van der Waals surface area contributed by atoms with Crippen molar-refractivity contribution in [2.24, 2.45) is 5.11 Å². The van der Waals surface area contributed by atoms with Gasteiger partial charge in [0.15, 0.2) is 6.23 Å². The number of amides is 3. The first-order valence-corrected chi connectivity index (χ1v) is 14.2. The summed E-state index contributed by atoms with van der Waals surface area (Å²) in [4.78, 5) is 41.1. The first-order chi connectivity index (χ1) is 18.9. The number of ether oxygens (including phenoxy) is 4. The molecule has 0 spiro atoms. The van der Waals surface area contributed by atoms with Gasteiger partial charge in [0.2, 0.25) is 5.91 Å². The van der Waals surface area contributed by atoms with E-state index in [1.165, 1.54) is 52.2 Å². The van der Waals surface area contributed by atoms with Crippen LogP contribution in [-0.4, -0.2) is 85.7 Å². The van der Waals surface area contributed by atoms with Crippen molar-refractivity contribution in [1.82, 2.24) is 15.3 Å². The molecule has 3 rings (SSSR count). The highest BCUT2D eigenvalue weighted by atomic mass is 79.9. The molecule has 40 heavy (non-hydrogen) atoms. The number of carbonyl (C=O) groups excluding carboxylic acids is 3. The lowest BCUT2D eigenvalue weighted by Gasteiger charge is -2.44. The third kappa shape index (κ3) is 7.04. The van der Waals surface area contributed by atoms with E-state index in [0.29, 0.717) is 5.75 Å². The number of nitrogens with zero attached hydrogens (tertiary/aromatic N) is 4. The van der Waals surface area contributed by atoms with Gasteiger partial charge in [0, 0.05) is 18.4 Å². The summed E-state index contributed by atoms with van der Waals surface area (Å²) in [6.45, 7) is 2.49. The molecule has 2 N–H and O–H groups in total. The Bertz CT molecular complexity index is 1200. The first-order valence-electron chi connectivity index (χ1n) is 11.9. The summed E-state index contributed by atoms with van der Waals surface area (Å²) in [6, 6.07) is 3.39. The van der Waals surface area contributed by atoms with Gasteiger partial charge in [0.25, 0.3) is 0 Å². The third-order valence-corrected chi connectivity index (χ3v) is 8.55. The maximum Gasteiger partial charge on any atom is 0.459 e. The Morgan fingerprint density at radius 3 is 2.55 bits per heavy atom. The van der Waals surface area contributed by atoms with Gasteiger partial charge in [-0.05, 0) is 43.6 Å². The lowest BCUT2D eigenvalue weighted by Crippen LogP contribution is -2.69. The molecule has 1 aromatic rings. The van der Waals surface area contributed by atoms with E-state index in [9.17, 15) is 18.9 Å². The number of hydrogen-bond acceptors (Lipinski definition) is 11. The molecule has 2 fully saturated rings. The first kappa shape index (κ1) is 31.6. The number of benzene rings is 1. The number of halogens is 1. The van der Waals surface area contributed by atoms with E-state index in [-0.39, 0.29) is 12.2 Å². The van der Waals surface area contributed by atoms with E-state index in [1.54, 1.807) is 12.1 Å². The number of rotatable bonds is 12. The van der Waals surface area contributed by atoms with Crippen LogP contribution in [-0.2, 0) is 32.9 Å². The molecule has 16 nitrogen and oxygen atoms in total. The average Bonchev–Trinajstić information content (AvgIpc) is 3.31. The van der Waals surface area contributed by atoms with E-state index in [1.807, 2.05) is 0 Å². The SMILES string of the molecule is COC(=O)C(C)NP(=O)(OC[C@H]1O[C@@H](N2C(=O)NC(=O)C(C)(Br)C2OC)C[C@@H]1N=[N+]=[N-])Oc1ccc(OC)cc1. The molecule has 4 unspecified atom stereocenters. The topological polar surface area (TPSA) is 200 Å². The number of esters is 1. The van der Waals surface area contributed by atoms with Gasteiger partial charge < -0.3 is 23.5 Å². The van der Waals surface area contributed by atoms with Crippen molar-refractivity contribution in [3.8, 4) is 11.5 Å². The Hall–Kier alpha value is -2.91. The molecule has 3 amide bonds. The van der Waals surface area contributed by atoms with Gasteiger partial charge >= 0.3 is 19.7 Å². The number of alkyl halides is 1. The molecule has 0 saturated carbocycles. The summed E-state index contributed by atoms with van der Waals surface area (Å²) in [5.74, 6) is -0.661. The summed E-state index contributed by atoms with van der Waals surface area (Å²) < 4.78 is 44.9. The van der Waals surface area contributed by atoms with E-state index in [4.69, 9.17) is 28.8 Å². The predicted octanol–water partition coefficient (Wildman–Crippen LogP) is 2.82. The number of methoxy groups -OCH3 is 3. The van der Waals surface area contributed by atoms with Crippen molar-refractivity contribution < 1.29 is 46.9 Å². The number of urea groups is 1. The molecule has 2 aliphatic heterocycles. The number of carbonyl (C=O) groups is 3. The summed E-state index contributed by atoms with van der Waals surface area (Å²) >= 11 is 3.30. The zero-order valence-electron chi connectivity index (χ0n) is 22.3. The van der Waals surface area contributed by atoms with E-state index >= 15 is 0 Å². The van der Waals surface area contributed by atoms with E-state index in [0.717, 1.165) is 0 Å². The summed E-state index contributed by atoms with van der Waals surface area (Å²) in [7, 11) is -0.296. The Morgan fingerprint density at radius 2 is 1.98 bits per heavy atom. The fraction of sp³-hybridized carbons (Fsp3) is 0.591. The lowest BCUT2D eigenvalue weighted by atomic mass is 10.0. The molecule has 220 valence electrons. The van der Waals surface area contributed by atoms with Gasteiger partial charge in [-0.3, -0.25) is 24.3 Å². The molecular formula is C22H30BrN6O10P. The Kier molecular flexibility index (Phi) is 10.4. The molecule has 0 aliphatic carbocycles. The fourth-order valence-electron chi connectivity index (χ4n) is 4.11. The molecular weight excluding hydrogens is 619 g/mol. The average molecular weight is 649 g/mol. The zero-order chi connectivity index (χ0) is 29.7. The van der Waals surface area contributed by atoms with Gasteiger partial charge in [-0.1, -0.05) is 21.0 Å². The van der Waals surface area contributed by atoms with Gasteiger partial charge in [-0.25, -0.2) is 9.36 Å². The smallest absolute Gasteiger partial charge is 0.459 e. The molecule has 0 aromatic heterocycles. The standard InChI is InChI=1S/C22H30BrN6O10P/c1-12(18(30)35-4)27-40(33,39-14-8-6-13(34-3)7-9-14)37-11-16-15(26-28-24)10-17(38-16)29-20(36-5)22(2,23)19(31)25-21(29)32/h6-9,12,15-17,20H,10-11H2,1-5H3,(H,27,33)(H,25,31,32)/t12?,15-,16+,17+,20?,22?,40?/m0/s1. The number of hydrogen-bond donors (Lipinski definition) is 2. The molecule has 0 radical (unpaired) electrons. The zero-order valence-corrected chi connectivity index (χ0v) is 24.8. The maximum absolute atomic E-state index is 13.8. The normalized spacial score (nSPS) is 28.6. The van der Waals surface area contributed by atoms with Crippen molar-refractivity contribution in [3.63, 3.8) is 0 Å². The fourth-order valence-corrected chi connectivity index (χ4v) is 6.12. The quantitative estimate of drug-likeness (QED) is 0.0843. The Labute approximate surface area is 238 Å². The van der Waals surface area contributed by atoms with Crippen molar-refractivity contribution in [3.05, 3.63) is 34.7 Å². The second-order valence-electron chi connectivity index (χ2n) is 8.90. The largest absolute Gasteiger partial charge is 0.497 e. The minimum atomic E-state index is -4.27. The van der Waals surface area contributed by atoms with Gasteiger partial charge in [0.05, 0.1) is 33.0 Å². The lowest BCUT2D eigenvalue weighted by molar-refractivity contribution is -0.152. The van der Waals surface area contributed by atoms with Crippen LogP contribution in [0.4, 0.5) is 4.79 Å². The van der Waals surface area contributed by atoms with Crippen molar-refractivity contribution in [2.75, 3.05) is 27.9 Å². The molecule has 2 saturated heterocycles. The second-order valence-corrected chi connectivity index (χ2v) is 12.2. The van der Waals surface area contributed by atoms with Crippen molar-refractivity contribution in [1.29, 1.82) is 0 Å². The molecule has 0 bridgehead atoms. The molecule has 2 heterocycles. The Balaban J connectivity index is 1.82. The summed E-state index contributed by atoms with van der Waals surface area (Å²) in [6.07, 6.45) is -3.08. The minimum absolute atomic E-state index is 0.0122. The van der Waals surface area contributed by atoms with Crippen LogP contribution in [0.15, 0.2) is 29.4 Å². The summed E-state index contributed by atoms with van der Waals surface area (Å²) in [5.41, 5.74) is 9.12. The van der Waals surface area contributed by atoms with Gasteiger partial charge in [-0.15, -0.1) is 0 Å². The number of imide groups is 1. The molecule has 2 aliphatic rings. The van der Waals surface area contributed by atoms with Crippen LogP contribution in [0.1, 0.15) is 20.3 Å². The van der Waals surface area contributed by atoms with Crippen molar-refractivity contribution >= 4 is 41.6 Å². The van der Waals surface area contributed by atoms with Crippen LogP contribution < -0.4 is 19.7 Å². The second kappa shape index (κ2) is 13.2. The number of azide groups is 1. The van der Waals surface area contributed by atoms with E-state index in [2.05, 4.69) is 41.1 Å². The highest BCUT2D eigenvalue weighted by molar-refractivity contribution is 9.10. The van der Waals surface area contributed by atoms with Crippen LogP contribution in [0, 0.1) is 0 Å². The molecule has 18 heteroatoms. The predicted molar refractivity (Wildman–Crippen MR) is 142 cm³/mol. The Morgan fingerprint density at radius 1 is 1.32 bits per heavy atom. The molecule has 1 aromatic carbocycles. The maximum atomic E-state index is 13.8. The van der Waals surface area contributed by atoms with Crippen LogP contribution >= 0.6 is 23.7 Å². The van der Waals surface area contributed by atoms with Crippen LogP contribution in [0.5, 0.6) is 11.5 Å². The van der Waals surface area contributed by atoms with Gasteiger partial charge in [-0.2, -0.15) is 5.09 Å². The van der Waals surface area contributed by atoms with Crippen LogP contribution in [0.3, 0.4) is 0 Å². The van der Waals surface area contributed by atoms with Crippen LogP contribution in [0.25, 0.3) is 10.4 Å². The van der Waals surface area contributed by atoms with Gasteiger partial charge in [0.1, 0.15) is 28.1 Å². The number of nitrogens with one attached hydrogen (secondary N) is 2. The third-order valence-electron chi connectivity index (χ3n) is 6.15. The minimum Gasteiger partial charge on any atom is -0.497 e. The molecule has 7 atom stereocenters. The highest BCUT2D eigenvalue weighted by Crippen LogP contribution is 2.46. The summed E-state index contributed by atoms with van der Waals surface area (Å²) in [5, 5.41) is 8.49.